The van der Waals surface area contributed by atoms with E-state index in [1.54, 1.807) is 0 Å². The van der Waals surface area contributed by atoms with Crippen LogP contribution in [0.4, 0.5) is 0 Å². The molecule has 1 aliphatic rings. The average Bonchev–Trinajstić information content (AvgIpc) is 2.13. The lowest BCUT2D eigenvalue weighted by Crippen LogP contribution is -2.27. The molecule has 0 spiro atoms. The molecule has 1 N–H and O–H groups in total. The summed E-state index contributed by atoms with van der Waals surface area (Å²) >= 11 is 0. The highest BCUT2D eigenvalue weighted by Crippen LogP contribution is 2.30. The van der Waals surface area contributed by atoms with E-state index < -0.39 is 0 Å². The molecule has 0 aromatic carbocycles. The fourth-order valence-corrected chi connectivity index (χ4v) is 0.966. The Bertz CT molecular complexity index is 131. The van der Waals surface area contributed by atoms with E-state index in [0.29, 0.717) is 0 Å². The molecule has 0 radical (unpaired) electrons. The lowest BCUT2D eigenvalue weighted by atomic mass is 10.0. The van der Waals surface area contributed by atoms with Gasteiger partial charge in [0.05, 0.1) is 12.4 Å². The lowest BCUT2D eigenvalue weighted by molar-refractivity contribution is 0.00415. The molecule has 1 fully saturated rings. The summed E-state index contributed by atoms with van der Waals surface area (Å²) in [6, 6.07) is 0. The van der Waals surface area contributed by atoms with E-state index >= 15 is 0 Å². The highest BCUT2D eigenvalue weighted by molar-refractivity contribution is 4.97. The topological polar surface area (TPSA) is 29.5 Å². The SMILES string of the molecule is C=C1CC[C@@](C)(CO)O1. The molecule has 0 unspecified atom stereocenters. The van der Waals surface area contributed by atoms with Gasteiger partial charge in [0.1, 0.15) is 5.60 Å². The van der Waals surface area contributed by atoms with Crippen molar-refractivity contribution in [2.24, 2.45) is 0 Å². The van der Waals surface area contributed by atoms with E-state index in [0.717, 1.165) is 18.6 Å². The normalized spacial score (nSPS) is 34.7. The summed E-state index contributed by atoms with van der Waals surface area (Å²) in [6.07, 6.45) is 1.78. The van der Waals surface area contributed by atoms with Crippen LogP contribution in [0.2, 0.25) is 0 Å². The van der Waals surface area contributed by atoms with Crippen molar-refractivity contribution in [1.82, 2.24) is 0 Å². The van der Waals surface area contributed by atoms with E-state index in [9.17, 15) is 0 Å². The molecule has 52 valence electrons. The molecule has 0 aromatic rings. The molecule has 2 heteroatoms. The zero-order chi connectivity index (χ0) is 6.91. The molecule has 2 nitrogen and oxygen atoms in total. The van der Waals surface area contributed by atoms with Crippen molar-refractivity contribution in [3.05, 3.63) is 12.3 Å². The van der Waals surface area contributed by atoms with Gasteiger partial charge in [-0.1, -0.05) is 6.58 Å². The van der Waals surface area contributed by atoms with E-state index in [4.69, 9.17) is 9.84 Å². The smallest absolute Gasteiger partial charge is 0.129 e. The zero-order valence-electron chi connectivity index (χ0n) is 5.68. The van der Waals surface area contributed by atoms with Crippen molar-refractivity contribution in [2.45, 2.75) is 25.4 Å². The summed E-state index contributed by atoms with van der Waals surface area (Å²) in [6.45, 7) is 5.65. The number of allylic oxidation sites excluding steroid dienone is 1. The molecular formula is C7H12O2. The highest BCUT2D eigenvalue weighted by atomic mass is 16.5. The van der Waals surface area contributed by atoms with Gasteiger partial charge in [0.25, 0.3) is 0 Å². The fraction of sp³-hybridized carbons (Fsp3) is 0.714. The first-order valence-corrected chi connectivity index (χ1v) is 3.14. The Morgan fingerprint density at radius 1 is 1.89 bits per heavy atom. The lowest BCUT2D eigenvalue weighted by Gasteiger charge is -2.19. The average molecular weight is 128 g/mol. The van der Waals surface area contributed by atoms with Crippen LogP contribution in [0, 0.1) is 0 Å². The van der Waals surface area contributed by atoms with Crippen molar-refractivity contribution in [3.8, 4) is 0 Å². The summed E-state index contributed by atoms with van der Waals surface area (Å²) in [5, 5.41) is 8.78. The molecular weight excluding hydrogens is 116 g/mol. The zero-order valence-corrected chi connectivity index (χ0v) is 5.68. The summed E-state index contributed by atoms with van der Waals surface area (Å²) in [7, 11) is 0. The van der Waals surface area contributed by atoms with Gasteiger partial charge in [0.15, 0.2) is 0 Å². The minimum Gasteiger partial charge on any atom is -0.490 e. The molecule has 9 heavy (non-hydrogen) atoms. The third kappa shape index (κ3) is 1.24. The summed E-state index contributed by atoms with van der Waals surface area (Å²) in [5.74, 6) is 0.798. The number of rotatable bonds is 1. The van der Waals surface area contributed by atoms with Crippen molar-refractivity contribution in [1.29, 1.82) is 0 Å². The largest absolute Gasteiger partial charge is 0.490 e. The van der Waals surface area contributed by atoms with Crippen LogP contribution in [-0.4, -0.2) is 17.3 Å². The monoisotopic (exact) mass is 128 g/mol. The first-order valence-electron chi connectivity index (χ1n) is 3.14. The van der Waals surface area contributed by atoms with Crippen LogP contribution in [0.15, 0.2) is 12.3 Å². The maximum absolute atomic E-state index is 8.78. The van der Waals surface area contributed by atoms with Crippen molar-refractivity contribution < 1.29 is 9.84 Å². The Labute approximate surface area is 55.1 Å². The summed E-state index contributed by atoms with van der Waals surface area (Å²) < 4.78 is 5.25. The van der Waals surface area contributed by atoms with Gasteiger partial charge in [-0.05, 0) is 13.3 Å². The predicted molar refractivity (Wildman–Crippen MR) is 34.9 cm³/mol. The molecule has 1 saturated heterocycles. The molecule has 1 aliphatic heterocycles. The van der Waals surface area contributed by atoms with Crippen LogP contribution in [-0.2, 0) is 4.74 Å². The summed E-state index contributed by atoms with van der Waals surface area (Å²) in [4.78, 5) is 0. The molecule has 0 aromatic heterocycles. The number of aliphatic hydroxyl groups excluding tert-OH is 1. The van der Waals surface area contributed by atoms with Crippen LogP contribution >= 0.6 is 0 Å². The Hall–Kier alpha value is -0.500. The Kier molecular flexibility index (Phi) is 1.49. The number of ether oxygens (including phenoxy) is 1. The number of hydrogen-bond acceptors (Lipinski definition) is 2. The fourth-order valence-electron chi connectivity index (χ4n) is 0.966. The second kappa shape index (κ2) is 2.03. The molecule has 1 atom stereocenters. The maximum Gasteiger partial charge on any atom is 0.129 e. The number of aliphatic hydroxyl groups is 1. The Balaban J connectivity index is 2.54. The molecule has 1 rings (SSSR count). The standard InChI is InChI=1S/C7H12O2/c1-6-3-4-7(2,5-8)9-6/h8H,1,3-5H2,2H3/t7-/m0/s1. The van der Waals surface area contributed by atoms with Gasteiger partial charge in [-0.15, -0.1) is 0 Å². The van der Waals surface area contributed by atoms with E-state index in [1.807, 2.05) is 6.92 Å². The minimum absolute atomic E-state index is 0.0893. The molecule has 0 saturated carbocycles. The first kappa shape index (κ1) is 6.62. The van der Waals surface area contributed by atoms with Crippen LogP contribution in [0.1, 0.15) is 19.8 Å². The first-order chi connectivity index (χ1) is 4.16. The number of hydrogen-bond donors (Lipinski definition) is 1. The van der Waals surface area contributed by atoms with E-state index in [-0.39, 0.29) is 12.2 Å². The van der Waals surface area contributed by atoms with E-state index in [2.05, 4.69) is 6.58 Å². The summed E-state index contributed by atoms with van der Waals surface area (Å²) in [5.41, 5.74) is -0.336. The van der Waals surface area contributed by atoms with Crippen molar-refractivity contribution in [2.75, 3.05) is 6.61 Å². The van der Waals surface area contributed by atoms with Gasteiger partial charge < -0.3 is 9.84 Å². The maximum atomic E-state index is 8.78. The second-order valence-electron chi connectivity index (χ2n) is 2.75. The molecule has 0 aliphatic carbocycles. The minimum atomic E-state index is -0.336. The van der Waals surface area contributed by atoms with Crippen molar-refractivity contribution >= 4 is 0 Å². The predicted octanol–water partition coefficient (Wildman–Crippen LogP) is 1.06. The third-order valence-corrected chi connectivity index (χ3v) is 1.66. The van der Waals surface area contributed by atoms with Crippen LogP contribution in [0.5, 0.6) is 0 Å². The highest BCUT2D eigenvalue weighted by Gasteiger charge is 2.31. The van der Waals surface area contributed by atoms with Gasteiger partial charge in [0.2, 0.25) is 0 Å². The Morgan fingerprint density at radius 3 is 2.78 bits per heavy atom. The van der Waals surface area contributed by atoms with Gasteiger partial charge in [-0.2, -0.15) is 0 Å². The van der Waals surface area contributed by atoms with Gasteiger partial charge in [0, 0.05) is 6.42 Å². The van der Waals surface area contributed by atoms with E-state index in [1.165, 1.54) is 0 Å². The van der Waals surface area contributed by atoms with Crippen LogP contribution in [0.3, 0.4) is 0 Å². The third-order valence-electron chi connectivity index (χ3n) is 1.66. The van der Waals surface area contributed by atoms with Crippen LogP contribution in [0.25, 0.3) is 0 Å². The van der Waals surface area contributed by atoms with Crippen molar-refractivity contribution in [3.63, 3.8) is 0 Å². The van der Waals surface area contributed by atoms with Gasteiger partial charge in [-0.25, -0.2) is 0 Å². The molecule has 0 amide bonds. The van der Waals surface area contributed by atoms with Gasteiger partial charge in [-0.3, -0.25) is 0 Å². The second-order valence-corrected chi connectivity index (χ2v) is 2.75. The molecule has 0 bridgehead atoms. The van der Waals surface area contributed by atoms with Gasteiger partial charge >= 0.3 is 0 Å². The van der Waals surface area contributed by atoms with Crippen LogP contribution < -0.4 is 0 Å². The Morgan fingerprint density at radius 2 is 2.56 bits per heavy atom. The molecule has 1 heterocycles. The quantitative estimate of drug-likeness (QED) is 0.572.